The van der Waals surface area contributed by atoms with Crippen LogP contribution in [0.1, 0.15) is 5.69 Å². The average Bonchev–Trinajstić information content (AvgIpc) is 3.03. The molecule has 6 nitrogen and oxygen atoms in total. The SMILES string of the molecule is O=C(Cc1ccon1)Nc1c(Cl)ccc2nsnc12. The fourth-order valence-electron chi connectivity index (χ4n) is 1.62. The zero-order valence-electron chi connectivity index (χ0n) is 9.46. The first kappa shape index (κ1) is 12.1. The van der Waals surface area contributed by atoms with E-state index in [9.17, 15) is 4.79 Å². The van der Waals surface area contributed by atoms with Crippen LogP contribution in [0.4, 0.5) is 5.69 Å². The van der Waals surface area contributed by atoms with E-state index in [1.54, 1.807) is 18.2 Å². The molecule has 19 heavy (non-hydrogen) atoms. The van der Waals surface area contributed by atoms with Gasteiger partial charge in [-0.2, -0.15) is 8.75 Å². The lowest BCUT2D eigenvalue weighted by molar-refractivity contribution is -0.115. The molecule has 2 heterocycles. The van der Waals surface area contributed by atoms with E-state index in [1.807, 2.05) is 0 Å². The first-order valence-electron chi connectivity index (χ1n) is 5.34. The molecule has 0 bridgehead atoms. The number of carbonyl (C=O) groups excluding carboxylic acids is 1. The summed E-state index contributed by atoms with van der Waals surface area (Å²) in [6.07, 6.45) is 1.53. The normalized spacial score (nSPS) is 10.8. The van der Waals surface area contributed by atoms with Gasteiger partial charge in [0.1, 0.15) is 17.3 Å². The van der Waals surface area contributed by atoms with E-state index in [4.69, 9.17) is 11.6 Å². The minimum absolute atomic E-state index is 0.112. The fraction of sp³-hybridized carbons (Fsp3) is 0.0909. The summed E-state index contributed by atoms with van der Waals surface area (Å²) < 4.78 is 12.9. The number of halogens is 1. The second kappa shape index (κ2) is 4.94. The molecule has 0 aliphatic carbocycles. The number of carbonyl (C=O) groups is 1. The largest absolute Gasteiger partial charge is 0.364 e. The van der Waals surface area contributed by atoms with Crippen molar-refractivity contribution in [2.45, 2.75) is 6.42 Å². The molecular weight excluding hydrogens is 288 g/mol. The van der Waals surface area contributed by atoms with Crippen LogP contribution in [0.25, 0.3) is 11.0 Å². The van der Waals surface area contributed by atoms with Crippen LogP contribution in [0, 0.1) is 0 Å². The molecule has 0 fully saturated rings. The molecule has 3 aromatic rings. The van der Waals surface area contributed by atoms with Crippen LogP contribution in [0.5, 0.6) is 0 Å². The number of amides is 1. The van der Waals surface area contributed by atoms with Crippen molar-refractivity contribution in [1.82, 2.24) is 13.9 Å². The Morgan fingerprint density at radius 3 is 3.05 bits per heavy atom. The Kier molecular flexibility index (Phi) is 3.14. The van der Waals surface area contributed by atoms with E-state index in [-0.39, 0.29) is 12.3 Å². The molecule has 0 unspecified atom stereocenters. The quantitative estimate of drug-likeness (QED) is 0.802. The number of nitrogens with zero attached hydrogens (tertiary/aromatic N) is 3. The lowest BCUT2D eigenvalue weighted by atomic mass is 10.2. The smallest absolute Gasteiger partial charge is 0.230 e. The second-order valence-electron chi connectivity index (χ2n) is 3.77. The Bertz CT molecular complexity index is 725. The third-order valence-electron chi connectivity index (χ3n) is 2.47. The van der Waals surface area contributed by atoms with Crippen molar-refractivity contribution in [3.63, 3.8) is 0 Å². The van der Waals surface area contributed by atoms with E-state index < -0.39 is 0 Å². The Hall–Kier alpha value is -1.99. The monoisotopic (exact) mass is 294 g/mol. The molecule has 1 aromatic carbocycles. The van der Waals surface area contributed by atoms with Crippen LogP contribution in [0.2, 0.25) is 5.02 Å². The van der Waals surface area contributed by atoms with Crippen molar-refractivity contribution in [2.75, 3.05) is 5.32 Å². The van der Waals surface area contributed by atoms with Gasteiger partial charge in [-0.15, -0.1) is 0 Å². The van der Waals surface area contributed by atoms with Gasteiger partial charge in [-0.3, -0.25) is 4.79 Å². The lowest BCUT2D eigenvalue weighted by Crippen LogP contribution is -2.15. The van der Waals surface area contributed by atoms with Gasteiger partial charge in [-0.05, 0) is 12.1 Å². The summed E-state index contributed by atoms with van der Waals surface area (Å²) in [7, 11) is 0. The number of benzene rings is 1. The van der Waals surface area contributed by atoms with Gasteiger partial charge in [0.05, 0.1) is 34.6 Å². The Morgan fingerprint density at radius 2 is 2.26 bits per heavy atom. The van der Waals surface area contributed by atoms with Gasteiger partial charge >= 0.3 is 0 Å². The van der Waals surface area contributed by atoms with E-state index in [1.165, 1.54) is 6.26 Å². The minimum Gasteiger partial charge on any atom is -0.364 e. The van der Waals surface area contributed by atoms with Gasteiger partial charge in [-0.1, -0.05) is 16.8 Å². The summed E-state index contributed by atoms with van der Waals surface area (Å²) in [5.74, 6) is -0.240. The highest BCUT2D eigenvalue weighted by molar-refractivity contribution is 7.00. The zero-order chi connectivity index (χ0) is 13.2. The number of anilines is 1. The highest BCUT2D eigenvalue weighted by Crippen LogP contribution is 2.29. The van der Waals surface area contributed by atoms with Crippen LogP contribution in [-0.4, -0.2) is 19.8 Å². The topological polar surface area (TPSA) is 80.9 Å². The van der Waals surface area contributed by atoms with Crippen LogP contribution in [0.15, 0.2) is 29.0 Å². The highest BCUT2D eigenvalue weighted by atomic mass is 35.5. The fourth-order valence-corrected chi connectivity index (χ4v) is 2.36. The summed E-state index contributed by atoms with van der Waals surface area (Å²) in [4.78, 5) is 11.9. The number of nitrogens with one attached hydrogen (secondary N) is 1. The minimum atomic E-state index is -0.240. The standard InChI is InChI=1S/C11H7ClN4O2S/c12-7-1-2-8-11(16-19-15-8)10(7)13-9(17)5-6-3-4-18-14-6/h1-4H,5H2,(H,13,17). The molecule has 2 aromatic heterocycles. The van der Waals surface area contributed by atoms with Crippen LogP contribution in [0.3, 0.4) is 0 Å². The van der Waals surface area contributed by atoms with E-state index >= 15 is 0 Å². The first-order valence-corrected chi connectivity index (χ1v) is 6.45. The summed E-state index contributed by atoms with van der Waals surface area (Å²) in [5.41, 5.74) is 2.32. The lowest BCUT2D eigenvalue weighted by Gasteiger charge is -2.06. The molecular formula is C11H7ClN4O2S. The highest BCUT2D eigenvalue weighted by Gasteiger charge is 2.13. The van der Waals surface area contributed by atoms with E-state index in [2.05, 4.69) is 23.7 Å². The van der Waals surface area contributed by atoms with Gasteiger partial charge < -0.3 is 9.84 Å². The maximum atomic E-state index is 11.9. The summed E-state index contributed by atoms with van der Waals surface area (Å²) in [5, 5.41) is 6.83. The number of rotatable bonds is 3. The van der Waals surface area contributed by atoms with Gasteiger partial charge in [0.25, 0.3) is 0 Å². The Balaban J connectivity index is 1.86. The molecule has 0 radical (unpaired) electrons. The zero-order valence-corrected chi connectivity index (χ0v) is 11.0. The second-order valence-corrected chi connectivity index (χ2v) is 4.71. The molecule has 0 aliphatic rings. The van der Waals surface area contributed by atoms with Crippen molar-refractivity contribution in [1.29, 1.82) is 0 Å². The number of hydrogen-bond acceptors (Lipinski definition) is 6. The van der Waals surface area contributed by atoms with Crippen molar-refractivity contribution >= 4 is 46.0 Å². The molecule has 1 N–H and O–H groups in total. The number of fused-ring (bicyclic) bond motifs is 1. The third-order valence-corrected chi connectivity index (χ3v) is 3.33. The maximum Gasteiger partial charge on any atom is 0.230 e. The molecule has 0 saturated carbocycles. The van der Waals surface area contributed by atoms with Crippen molar-refractivity contribution in [3.8, 4) is 0 Å². The molecule has 8 heteroatoms. The van der Waals surface area contributed by atoms with Crippen molar-refractivity contribution in [2.24, 2.45) is 0 Å². The van der Waals surface area contributed by atoms with Crippen LogP contribution >= 0.6 is 23.3 Å². The maximum absolute atomic E-state index is 11.9. The average molecular weight is 295 g/mol. The van der Waals surface area contributed by atoms with Gasteiger partial charge in [0.15, 0.2) is 0 Å². The molecule has 1 amide bonds. The molecule has 0 saturated heterocycles. The molecule has 0 spiro atoms. The molecule has 0 atom stereocenters. The Labute approximate surface area is 116 Å². The van der Waals surface area contributed by atoms with Crippen molar-refractivity contribution in [3.05, 3.63) is 35.2 Å². The predicted molar refractivity (Wildman–Crippen MR) is 71.3 cm³/mol. The van der Waals surface area contributed by atoms with Crippen LogP contribution in [-0.2, 0) is 11.2 Å². The van der Waals surface area contributed by atoms with Gasteiger partial charge in [0.2, 0.25) is 5.91 Å². The van der Waals surface area contributed by atoms with E-state index in [0.717, 1.165) is 11.7 Å². The third kappa shape index (κ3) is 2.42. The van der Waals surface area contributed by atoms with Crippen LogP contribution < -0.4 is 5.32 Å². The van der Waals surface area contributed by atoms with E-state index in [0.29, 0.717) is 27.4 Å². The molecule has 96 valence electrons. The summed E-state index contributed by atoms with van der Waals surface area (Å²) in [6, 6.07) is 5.07. The predicted octanol–water partition coefficient (Wildman–Crippen LogP) is 2.51. The molecule has 3 rings (SSSR count). The van der Waals surface area contributed by atoms with Crippen molar-refractivity contribution < 1.29 is 9.32 Å². The van der Waals surface area contributed by atoms with Gasteiger partial charge in [-0.25, -0.2) is 0 Å². The number of hydrogen-bond donors (Lipinski definition) is 1. The first-order chi connectivity index (χ1) is 9.24. The van der Waals surface area contributed by atoms with Gasteiger partial charge in [0, 0.05) is 6.07 Å². The summed E-state index contributed by atoms with van der Waals surface area (Å²) >= 11 is 7.14. The number of aromatic nitrogens is 3. The Morgan fingerprint density at radius 1 is 1.37 bits per heavy atom. The summed E-state index contributed by atoms with van der Waals surface area (Å²) in [6.45, 7) is 0. The molecule has 0 aliphatic heterocycles.